The lowest BCUT2D eigenvalue weighted by Crippen LogP contribution is -2.61. The van der Waals surface area contributed by atoms with Gasteiger partial charge in [-0.2, -0.15) is 0 Å². The Balaban J connectivity index is 2.28. The van der Waals surface area contributed by atoms with E-state index in [4.69, 9.17) is 0 Å². The number of nitrogens with zero attached hydrogens (tertiary/aromatic N) is 1. The van der Waals surface area contributed by atoms with Gasteiger partial charge in [-0.1, -0.05) is 67.9 Å². The first-order chi connectivity index (χ1) is 20.0. The fourth-order valence-electron chi connectivity index (χ4n) is 5.40. The van der Waals surface area contributed by atoms with Gasteiger partial charge >= 0.3 is 6.03 Å². The zero-order valence-corrected chi connectivity index (χ0v) is 27.2. The van der Waals surface area contributed by atoms with Crippen molar-refractivity contribution < 1.29 is 28.8 Å². The predicted octanol–water partition coefficient (Wildman–Crippen LogP) is 2.73. The van der Waals surface area contributed by atoms with E-state index in [0.717, 1.165) is 12.8 Å². The van der Waals surface area contributed by atoms with E-state index >= 15 is 0 Å². The normalized spacial score (nSPS) is 20.7. The second-order valence-corrected chi connectivity index (χ2v) is 13.8. The molecule has 11 nitrogen and oxygen atoms in total. The summed E-state index contributed by atoms with van der Waals surface area (Å²) in [6, 6.07) is -4.17. The molecule has 0 spiro atoms. The second-order valence-electron chi connectivity index (χ2n) is 13.8. The van der Waals surface area contributed by atoms with Gasteiger partial charge in [0, 0.05) is 19.0 Å². The number of carbonyl (C=O) groups excluding carboxylic acids is 6. The minimum absolute atomic E-state index is 0.00851. The molecule has 242 valence electrons. The van der Waals surface area contributed by atoms with Crippen molar-refractivity contribution in [2.75, 3.05) is 13.1 Å². The van der Waals surface area contributed by atoms with Gasteiger partial charge in [0.2, 0.25) is 17.6 Å². The van der Waals surface area contributed by atoms with E-state index in [0.29, 0.717) is 19.4 Å². The number of amides is 5. The van der Waals surface area contributed by atoms with Gasteiger partial charge in [-0.15, -0.1) is 6.58 Å². The summed E-state index contributed by atoms with van der Waals surface area (Å²) >= 11 is 0. The molecule has 1 saturated heterocycles. The summed E-state index contributed by atoms with van der Waals surface area (Å²) in [5.41, 5.74) is -0.719. The van der Waals surface area contributed by atoms with Gasteiger partial charge in [-0.05, 0) is 48.9 Å². The van der Waals surface area contributed by atoms with E-state index in [9.17, 15) is 28.8 Å². The average molecular weight is 604 g/mol. The molecule has 2 rings (SSSR count). The molecule has 4 N–H and O–H groups in total. The Morgan fingerprint density at radius 2 is 1.60 bits per heavy atom. The summed E-state index contributed by atoms with van der Waals surface area (Å²) in [7, 11) is 0. The molecule has 0 radical (unpaired) electrons. The Bertz CT molecular complexity index is 1060. The number of carbonyl (C=O) groups is 6. The van der Waals surface area contributed by atoms with Crippen LogP contribution in [0.4, 0.5) is 4.79 Å². The summed E-state index contributed by atoms with van der Waals surface area (Å²) in [4.78, 5) is 80.5. The van der Waals surface area contributed by atoms with Crippen molar-refractivity contribution in [2.45, 2.75) is 112 Å². The molecule has 1 heterocycles. The van der Waals surface area contributed by atoms with Crippen LogP contribution >= 0.6 is 0 Å². The first kappa shape index (κ1) is 36.0. The molecular formula is C32H53N5O6. The quantitative estimate of drug-likeness (QED) is 0.167. The minimum atomic E-state index is -1.03. The molecule has 1 unspecified atom stereocenters. The van der Waals surface area contributed by atoms with Crippen LogP contribution in [-0.2, 0) is 24.0 Å². The third-order valence-electron chi connectivity index (χ3n) is 8.33. The Morgan fingerprint density at radius 3 is 2.09 bits per heavy atom. The molecule has 0 aromatic heterocycles. The average Bonchev–Trinajstić information content (AvgIpc) is 3.68. The van der Waals surface area contributed by atoms with E-state index < -0.39 is 59.1 Å². The van der Waals surface area contributed by atoms with Crippen molar-refractivity contribution in [3.63, 3.8) is 0 Å². The van der Waals surface area contributed by atoms with E-state index in [1.54, 1.807) is 0 Å². The van der Waals surface area contributed by atoms with Crippen LogP contribution < -0.4 is 21.3 Å². The number of Topliss-reactive ketones (excluding diaryl/α,β-unsaturated/α-hetero) is 2. The fourth-order valence-corrected chi connectivity index (χ4v) is 5.40. The fraction of sp³-hybridized carbons (Fsp3) is 0.750. The number of urea groups is 1. The molecule has 2 aliphatic rings. The Hall–Kier alpha value is -3.24. The van der Waals surface area contributed by atoms with Gasteiger partial charge in [0.1, 0.15) is 12.1 Å². The van der Waals surface area contributed by atoms with Gasteiger partial charge in [-0.25, -0.2) is 4.79 Å². The highest BCUT2D eigenvalue weighted by molar-refractivity contribution is 6.38. The standard InChI is InChI=1S/C32H53N5O6/c1-10-12-22(26(39)29(41)33-15-11-2)34-28(40)23-16-21(18(3)4)17-37(23)30(42)27(32(7,8)9)36-31(43)35-24(19(5)6)25(38)20-13-14-20/h11,18-24,27H,2,10,12-17H2,1,3-9H3,(H,33,41)(H,34,40)(H2,35,36,43)/t21-,22?,23+,24+,27-/m1/s1. The van der Waals surface area contributed by atoms with Crippen LogP contribution in [0, 0.1) is 29.1 Å². The molecule has 1 saturated carbocycles. The van der Waals surface area contributed by atoms with E-state index in [-0.39, 0.29) is 42.4 Å². The zero-order valence-electron chi connectivity index (χ0n) is 27.2. The Labute approximate surface area is 256 Å². The number of likely N-dealkylation sites (tertiary alicyclic amines) is 1. The van der Waals surface area contributed by atoms with Crippen LogP contribution in [-0.4, -0.2) is 77.5 Å². The highest BCUT2D eigenvalue weighted by Crippen LogP contribution is 2.33. The van der Waals surface area contributed by atoms with Crippen LogP contribution in [0.25, 0.3) is 0 Å². The molecule has 11 heteroatoms. The lowest BCUT2D eigenvalue weighted by atomic mass is 9.85. The van der Waals surface area contributed by atoms with Crippen LogP contribution in [0.2, 0.25) is 0 Å². The van der Waals surface area contributed by atoms with Crippen LogP contribution in [0.1, 0.15) is 87.5 Å². The summed E-state index contributed by atoms with van der Waals surface area (Å²) < 4.78 is 0. The summed E-state index contributed by atoms with van der Waals surface area (Å²) in [5.74, 6) is -2.41. The molecular weight excluding hydrogens is 550 g/mol. The van der Waals surface area contributed by atoms with Gasteiger partial charge in [0.05, 0.1) is 12.1 Å². The Morgan fingerprint density at radius 1 is 0.977 bits per heavy atom. The van der Waals surface area contributed by atoms with Gasteiger partial charge in [0.25, 0.3) is 5.91 Å². The third-order valence-corrected chi connectivity index (χ3v) is 8.33. The molecule has 0 aromatic rings. The van der Waals surface area contributed by atoms with Gasteiger partial charge < -0.3 is 26.2 Å². The predicted molar refractivity (Wildman–Crippen MR) is 165 cm³/mol. The van der Waals surface area contributed by atoms with Crippen LogP contribution in [0.3, 0.4) is 0 Å². The zero-order chi connectivity index (χ0) is 32.6. The number of hydrogen-bond donors (Lipinski definition) is 4. The van der Waals surface area contributed by atoms with Crippen molar-refractivity contribution in [1.82, 2.24) is 26.2 Å². The number of rotatable bonds is 15. The SMILES string of the molecule is C=CCNC(=O)C(=O)C(CCC)NC(=O)[C@@H]1C[C@@H](C(C)C)CN1C(=O)[C@@H](NC(=O)N[C@H](C(=O)C1CC1)C(C)C)C(C)(C)C. The van der Waals surface area contributed by atoms with Crippen LogP contribution in [0.15, 0.2) is 12.7 Å². The highest BCUT2D eigenvalue weighted by atomic mass is 16.2. The third kappa shape index (κ3) is 9.89. The molecule has 1 aliphatic heterocycles. The van der Waals surface area contributed by atoms with E-state index in [1.807, 2.05) is 55.4 Å². The van der Waals surface area contributed by atoms with Gasteiger partial charge in [0.15, 0.2) is 5.78 Å². The van der Waals surface area contributed by atoms with Crippen molar-refractivity contribution >= 4 is 35.3 Å². The topological polar surface area (TPSA) is 154 Å². The molecule has 5 atom stereocenters. The molecule has 43 heavy (non-hydrogen) atoms. The number of ketones is 2. The maximum absolute atomic E-state index is 14.2. The van der Waals surface area contributed by atoms with Crippen LogP contribution in [0.5, 0.6) is 0 Å². The van der Waals surface area contributed by atoms with Crippen molar-refractivity contribution in [3.05, 3.63) is 12.7 Å². The molecule has 5 amide bonds. The summed E-state index contributed by atoms with van der Waals surface area (Å²) in [6.45, 7) is 19.1. The summed E-state index contributed by atoms with van der Waals surface area (Å²) in [5, 5.41) is 10.8. The first-order valence-electron chi connectivity index (χ1n) is 15.7. The number of hydrogen-bond acceptors (Lipinski definition) is 6. The minimum Gasteiger partial charge on any atom is -0.346 e. The molecule has 0 bridgehead atoms. The smallest absolute Gasteiger partial charge is 0.316 e. The molecule has 1 aliphatic carbocycles. The second kappa shape index (κ2) is 15.5. The van der Waals surface area contributed by atoms with Crippen molar-refractivity contribution in [1.29, 1.82) is 0 Å². The molecule has 2 fully saturated rings. The van der Waals surface area contributed by atoms with Gasteiger partial charge in [-0.3, -0.25) is 24.0 Å². The maximum Gasteiger partial charge on any atom is 0.316 e. The summed E-state index contributed by atoms with van der Waals surface area (Å²) in [6.07, 6.45) is 4.32. The molecule has 0 aromatic carbocycles. The lowest BCUT2D eigenvalue weighted by molar-refractivity contribution is -0.143. The van der Waals surface area contributed by atoms with E-state index in [2.05, 4.69) is 27.8 Å². The number of nitrogens with one attached hydrogen (secondary N) is 4. The van der Waals surface area contributed by atoms with Crippen molar-refractivity contribution in [2.24, 2.45) is 29.1 Å². The van der Waals surface area contributed by atoms with Crippen molar-refractivity contribution in [3.8, 4) is 0 Å². The van der Waals surface area contributed by atoms with E-state index in [1.165, 1.54) is 11.0 Å². The first-order valence-corrected chi connectivity index (χ1v) is 15.7. The maximum atomic E-state index is 14.2. The monoisotopic (exact) mass is 603 g/mol. The largest absolute Gasteiger partial charge is 0.346 e. The highest BCUT2D eigenvalue weighted by Gasteiger charge is 2.46. The Kier molecular flexibility index (Phi) is 12.9. The lowest BCUT2D eigenvalue weighted by Gasteiger charge is -2.36.